The Morgan fingerprint density at radius 3 is 2.54 bits per heavy atom. The molecule has 0 aromatic heterocycles. The molecule has 0 spiro atoms. The normalized spacial score (nSPS) is 21.1. The van der Waals surface area contributed by atoms with Crippen molar-refractivity contribution in [3.05, 3.63) is 0 Å². The van der Waals surface area contributed by atoms with Crippen LogP contribution in [-0.2, 0) is 9.53 Å². The van der Waals surface area contributed by atoms with E-state index in [0.29, 0.717) is 6.61 Å². The van der Waals surface area contributed by atoms with Gasteiger partial charge in [-0.05, 0) is 39.8 Å². The van der Waals surface area contributed by atoms with Gasteiger partial charge in [0.15, 0.2) is 0 Å². The van der Waals surface area contributed by atoms with Gasteiger partial charge in [0.25, 0.3) is 0 Å². The largest absolute Gasteiger partial charge is 0.465 e. The Bertz CT molecular complexity index is 164. The van der Waals surface area contributed by atoms with Crippen LogP contribution < -0.4 is 0 Å². The van der Waals surface area contributed by atoms with Crippen molar-refractivity contribution in [2.75, 3.05) is 19.7 Å². The van der Waals surface area contributed by atoms with Gasteiger partial charge in [0.1, 0.15) is 6.04 Å². The number of piperidine rings is 1. The van der Waals surface area contributed by atoms with Gasteiger partial charge in [-0.1, -0.05) is 6.42 Å². The number of hydrogen-bond acceptors (Lipinski definition) is 3. The minimum atomic E-state index is -0.0793. The van der Waals surface area contributed by atoms with E-state index in [-0.39, 0.29) is 12.0 Å². The number of carbonyl (C=O) groups excluding carboxylic acids is 1. The highest BCUT2D eigenvalue weighted by molar-refractivity contribution is 5.75. The van der Waals surface area contributed by atoms with Crippen LogP contribution in [0.4, 0.5) is 0 Å². The Kier molecular flexibility index (Phi) is 4.22. The predicted molar refractivity (Wildman–Crippen MR) is 51.5 cm³/mol. The smallest absolute Gasteiger partial charge is 0.323 e. The predicted octanol–water partition coefficient (Wildman–Crippen LogP) is 1.42. The quantitative estimate of drug-likeness (QED) is 0.623. The molecule has 1 atom stereocenters. The highest BCUT2D eigenvalue weighted by Gasteiger charge is 2.23. The van der Waals surface area contributed by atoms with Crippen molar-refractivity contribution in [3.8, 4) is 0 Å². The number of esters is 1. The van der Waals surface area contributed by atoms with Gasteiger partial charge in [0.05, 0.1) is 6.61 Å². The summed E-state index contributed by atoms with van der Waals surface area (Å²) in [6.45, 7) is 6.35. The zero-order valence-electron chi connectivity index (χ0n) is 8.58. The molecular formula is C10H19NO2. The number of ether oxygens (including phenoxy) is 1. The molecule has 0 radical (unpaired) electrons. The number of nitrogens with zero attached hydrogens (tertiary/aromatic N) is 1. The first-order valence-electron chi connectivity index (χ1n) is 5.16. The van der Waals surface area contributed by atoms with Crippen molar-refractivity contribution in [1.29, 1.82) is 0 Å². The summed E-state index contributed by atoms with van der Waals surface area (Å²) in [7, 11) is 0. The van der Waals surface area contributed by atoms with Gasteiger partial charge in [-0.25, -0.2) is 0 Å². The molecule has 1 heterocycles. The van der Waals surface area contributed by atoms with Crippen molar-refractivity contribution in [2.45, 2.75) is 39.2 Å². The molecule has 0 amide bonds. The van der Waals surface area contributed by atoms with E-state index in [9.17, 15) is 4.79 Å². The third-order valence-corrected chi connectivity index (χ3v) is 2.57. The second-order valence-corrected chi connectivity index (χ2v) is 3.52. The van der Waals surface area contributed by atoms with Crippen LogP contribution >= 0.6 is 0 Å². The van der Waals surface area contributed by atoms with Gasteiger partial charge in [-0.3, -0.25) is 9.69 Å². The molecular weight excluding hydrogens is 166 g/mol. The van der Waals surface area contributed by atoms with Gasteiger partial charge < -0.3 is 4.74 Å². The number of rotatable bonds is 3. The Morgan fingerprint density at radius 2 is 2.00 bits per heavy atom. The fourth-order valence-electron chi connectivity index (χ4n) is 1.72. The fraction of sp³-hybridized carbons (Fsp3) is 0.900. The van der Waals surface area contributed by atoms with Crippen LogP contribution in [0.3, 0.4) is 0 Å². The maximum absolute atomic E-state index is 11.4. The van der Waals surface area contributed by atoms with Gasteiger partial charge >= 0.3 is 5.97 Å². The highest BCUT2D eigenvalue weighted by atomic mass is 16.5. The first kappa shape index (κ1) is 10.5. The molecule has 0 aromatic rings. The summed E-state index contributed by atoms with van der Waals surface area (Å²) >= 11 is 0. The fourth-order valence-corrected chi connectivity index (χ4v) is 1.72. The summed E-state index contributed by atoms with van der Waals surface area (Å²) in [4.78, 5) is 13.6. The summed E-state index contributed by atoms with van der Waals surface area (Å²) in [5, 5.41) is 0. The Balaban J connectivity index is 2.35. The van der Waals surface area contributed by atoms with Gasteiger partial charge in [-0.15, -0.1) is 0 Å². The molecule has 13 heavy (non-hydrogen) atoms. The van der Waals surface area contributed by atoms with Crippen LogP contribution in [0.5, 0.6) is 0 Å². The molecule has 0 aliphatic carbocycles. The van der Waals surface area contributed by atoms with E-state index < -0.39 is 0 Å². The molecule has 1 unspecified atom stereocenters. The average molecular weight is 185 g/mol. The van der Waals surface area contributed by atoms with Crippen molar-refractivity contribution in [2.24, 2.45) is 0 Å². The molecule has 0 aromatic carbocycles. The van der Waals surface area contributed by atoms with Crippen LogP contribution in [-0.4, -0.2) is 36.6 Å². The highest BCUT2D eigenvalue weighted by Crippen LogP contribution is 2.12. The summed E-state index contributed by atoms with van der Waals surface area (Å²) in [6.07, 6.45) is 3.72. The maximum atomic E-state index is 11.4. The Morgan fingerprint density at radius 1 is 1.38 bits per heavy atom. The lowest BCUT2D eigenvalue weighted by Crippen LogP contribution is -2.42. The van der Waals surface area contributed by atoms with Gasteiger partial charge in [-0.2, -0.15) is 0 Å². The lowest BCUT2D eigenvalue weighted by atomic mass is 10.1. The van der Waals surface area contributed by atoms with E-state index in [4.69, 9.17) is 4.74 Å². The molecule has 1 saturated heterocycles. The van der Waals surface area contributed by atoms with E-state index in [1.54, 1.807) is 0 Å². The van der Waals surface area contributed by atoms with Crippen molar-refractivity contribution < 1.29 is 9.53 Å². The van der Waals surface area contributed by atoms with Crippen LogP contribution in [0.15, 0.2) is 0 Å². The molecule has 76 valence electrons. The standard InChI is InChI=1S/C10H19NO2/c1-3-13-10(12)9(2)11-7-5-4-6-8-11/h9H,3-8H2,1-2H3. The molecule has 1 fully saturated rings. The number of hydrogen-bond donors (Lipinski definition) is 0. The van der Waals surface area contributed by atoms with E-state index in [2.05, 4.69) is 4.90 Å². The minimum Gasteiger partial charge on any atom is -0.465 e. The van der Waals surface area contributed by atoms with Crippen LogP contribution in [0.1, 0.15) is 33.1 Å². The Hall–Kier alpha value is -0.570. The van der Waals surface area contributed by atoms with E-state index >= 15 is 0 Å². The molecule has 3 nitrogen and oxygen atoms in total. The van der Waals surface area contributed by atoms with Crippen molar-refractivity contribution in [3.63, 3.8) is 0 Å². The van der Waals surface area contributed by atoms with Crippen molar-refractivity contribution >= 4 is 5.97 Å². The summed E-state index contributed by atoms with van der Waals surface area (Å²) in [5.41, 5.74) is 0. The van der Waals surface area contributed by atoms with Crippen LogP contribution in [0, 0.1) is 0 Å². The topological polar surface area (TPSA) is 29.5 Å². The third kappa shape index (κ3) is 2.99. The number of likely N-dealkylation sites (tertiary alicyclic amines) is 1. The van der Waals surface area contributed by atoms with Gasteiger partial charge in [0, 0.05) is 0 Å². The number of carbonyl (C=O) groups is 1. The lowest BCUT2D eigenvalue weighted by molar-refractivity contribution is -0.149. The average Bonchev–Trinajstić information content (AvgIpc) is 2.18. The first-order chi connectivity index (χ1) is 6.25. The molecule has 0 saturated carbocycles. The second-order valence-electron chi connectivity index (χ2n) is 3.52. The monoisotopic (exact) mass is 185 g/mol. The minimum absolute atomic E-state index is 0.0553. The second kappa shape index (κ2) is 5.22. The SMILES string of the molecule is CCOC(=O)C(C)N1CCCCC1. The lowest BCUT2D eigenvalue weighted by Gasteiger charge is -2.30. The van der Waals surface area contributed by atoms with E-state index in [1.807, 2.05) is 13.8 Å². The molecule has 0 bridgehead atoms. The van der Waals surface area contributed by atoms with E-state index in [0.717, 1.165) is 13.1 Å². The Labute approximate surface area is 80.1 Å². The first-order valence-corrected chi connectivity index (χ1v) is 5.16. The molecule has 1 aliphatic heterocycles. The van der Waals surface area contributed by atoms with Gasteiger partial charge in [0.2, 0.25) is 0 Å². The molecule has 3 heteroatoms. The molecule has 0 N–H and O–H groups in total. The summed E-state index contributed by atoms with van der Waals surface area (Å²) in [6, 6.07) is -0.0553. The summed E-state index contributed by atoms with van der Waals surface area (Å²) in [5.74, 6) is -0.0793. The van der Waals surface area contributed by atoms with Crippen LogP contribution in [0.2, 0.25) is 0 Å². The molecule has 1 aliphatic rings. The third-order valence-electron chi connectivity index (χ3n) is 2.57. The van der Waals surface area contributed by atoms with Crippen molar-refractivity contribution in [1.82, 2.24) is 4.90 Å². The van der Waals surface area contributed by atoms with E-state index in [1.165, 1.54) is 19.3 Å². The summed E-state index contributed by atoms with van der Waals surface area (Å²) < 4.78 is 4.98. The zero-order chi connectivity index (χ0) is 9.68. The molecule has 1 rings (SSSR count). The maximum Gasteiger partial charge on any atom is 0.323 e. The zero-order valence-corrected chi connectivity index (χ0v) is 8.58. The van der Waals surface area contributed by atoms with Crippen LogP contribution in [0.25, 0.3) is 0 Å².